The molecule has 96 valence electrons. The zero-order valence-corrected chi connectivity index (χ0v) is 10.6. The first kappa shape index (κ1) is 13.8. The SMILES string of the molecule is COC(C)CNc1ccc(S(N)(=O)=O)cc1N. The Balaban J connectivity index is 2.84. The van der Waals surface area contributed by atoms with Crippen LogP contribution in [0, 0.1) is 0 Å². The average molecular weight is 259 g/mol. The number of hydrogen-bond donors (Lipinski definition) is 3. The summed E-state index contributed by atoms with van der Waals surface area (Å²) >= 11 is 0. The lowest BCUT2D eigenvalue weighted by Crippen LogP contribution is -2.19. The number of nitrogens with one attached hydrogen (secondary N) is 1. The van der Waals surface area contributed by atoms with Crippen LogP contribution in [-0.2, 0) is 14.8 Å². The Bertz CT molecular complexity index is 488. The minimum absolute atomic E-state index is 0.000315. The number of anilines is 2. The molecular weight excluding hydrogens is 242 g/mol. The van der Waals surface area contributed by atoms with Crippen LogP contribution in [0.2, 0.25) is 0 Å². The van der Waals surface area contributed by atoms with Crippen molar-refractivity contribution in [2.24, 2.45) is 5.14 Å². The van der Waals surface area contributed by atoms with Crippen LogP contribution in [0.25, 0.3) is 0 Å². The highest BCUT2D eigenvalue weighted by Crippen LogP contribution is 2.21. The first-order valence-electron chi connectivity index (χ1n) is 5.03. The van der Waals surface area contributed by atoms with Crippen LogP contribution in [0.15, 0.2) is 23.1 Å². The summed E-state index contributed by atoms with van der Waals surface area (Å²) in [5.74, 6) is 0. The number of nitrogens with two attached hydrogens (primary N) is 2. The molecule has 1 aromatic carbocycles. The van der Waals surface area contributed by atoms with Gasteiger partial charge in [-0.05, 0) is 25.1 Å². The van der Waals surface area contributed by atoms with E-state index in [0.717, 1.165) is 0 Å². The van der Waals surface area contributed by atoms with Gasteiger partial charge in [-0.3, -0.25) is 0 Å². The first-order chi connectivity index (χ1) is 7.84. The van der Waals surface area contributed by atoms with Crippen molar-refractivity contribution in [3.63, 3.8) is 0 Å². The molecule has 0 radical (unpaired) electrons. The summed E-state index contributed by atoms with van der Waals surface area (Å²) in [6.07, 6.45) is 0.0346. The zero-order chi connectivity index (χ0) is 13.1. The second kappa shape index (κ2) is 5.35. The second-order valence-electron chi connectivity index (χ2n) is 3.72. The molecule has 7 heteroatoms. The fourth-order valence-electron chi connectivity index (χ4n) is 1.22. The van der Waals surface area contributed by atoms with Crippen molar-refractivity contribution in [1.29, 1.82) is 0 Å². The largest absolute Gasteiger partial charge is 0.397 e. The molecule has 1 aromatic rings. The Morgan fingerprint density at radius 1 is 1.47 bits per heavy atom. The van der Waals surface area contributed by atoms with E-state index in [2.05, 4.69) is 5.32 Å². The van der Waals surface area contributed by atoms with Gasteiger partial charge in [0.15, 0.2) is 0 Å². The van der Waals surface area contributed by atoms with Crippen molar-refractivity contribution in [3.8, 4) is 0 Å². The van der Waals surface area contributed by atoms with Crippen LogP contribution in [0.3, 0.4) is 0 Å². The van der Waals surface area contributed by atoms with E-state index < -0.39 is 10.0 Å². The van der Waals surface area contributed by atoms with Gasteiger partial charge in [-0.2, -0.15) is 0 Å². The predicted octanol–water partition coefficient (Wildman–Crippen LogP) is 0.363. The van der Waals surface area contributed by atoms with Gasteiger partial charge in [0.1, 0.15) is 0 Å². The third-order valence-electron chi connectivity index (χ3n) is 2.33. The quantitative estimate of drug-likeness (QED) is 0.662. The molecule has 5 N–H and O–H groups in total. The van der Waals surface area contributed by atoms with Gasteiger partial charge < -0.3 is 15.8 Å². The number of methoxy groups -OCH3 is 1. The van der Waals surface area contributed by atoms with E-state index in [1.165, 1.54) is 12.1 Å². The molecule has 1 unspecified atom stereocenters. The van der Waals surface area contributed by atoms with E-state index in [1.807, 2.05) is 6.92 Å². The molecule has 0 amide bonds. The van der Waals surface area contributed by atoms with Gasteiger partial charge in [0, 0.05) is 13.7 Å². The Morgan fingerprint density at radius 2 is 2.12 bits per heavy atom. The topological polar surface area (TPSA) is 107 Å². The fraction of sp³-hybridized carbons (Fsp3) is 0.400. The van der Waals surface area contributed by atoms with Gasteiger partial charge in [0.2, 0.25) is 10.0 Å². The van der Waals surface area contributed by atoms with Crippen LogP contribution in [0.4, 0.5) is 11.4 Å². The molecule has 6 nitrogen and oxygen atoms in total. The summed E-state index contributed by atoms with van der Waals surface area (Å²) in [6.45, 7) is 2.48. The molecule has 0 aliphatic heterocycles. The van der Waals surface area contributed by atoms with E-state index in [0.29, 0.717) is 17.9 Å². The van der Waals surface area contributed by atoms with Crippen LogP contribution < -0.4 is 16.2 Å². The molecule has 0 heterocycles. The van der Waals surface area contributed by atoms with E-state index in [4.69, 9.17) is 15.6 Å². The maximum absolute atomic E-state index is 11.1. The normalized spacial score (nSPS) is 13.4. The lowest BCUT2D eigenvalue weighted by atomic mass is 10.2. The fourth-order valence-corrected chi connectivity index (χ4v) is 1.76. The van der Waals surface area contributed by atoms with Gasteiger partial charge in [-0.1, -0.05) is 0 Å². The van der Waals surface area contributed by atoms with Crippen LogP contribution >= 0.6 is 0 Å². The minimum atomic E-state index is -3.71. The summed E-state index contributed by atoms with van der Waals surface area (Å²) in [4.78, 5) is 0.000315. The molecule has 0 aliphatic rings. The lowest BCUT2D eigenvalue weighted by Gasteiger charge is -2.14. The monoisotopic (exact) mass is 259 g/mol. The number of benzene rings is 1. The number of ether oxygens (including phenoxy) is 1. The molecule has 0 saturated carbocycles. The van der Waals surface area contributed by atoms with Crippen molar-refractivity contribution < 1.29 is 13.2 Å². The average Bonchev–Trinajstić information content (AvgIpc) is 2.25. The minimum Gasteiger partial charge on any atom is -0.397 e. The van der Waals surface area contributed by atoms with E-state index in [9.17, 15) is 8.42 Å². The number of nitrogen functional groups attached to an aromatic ring is 1. The molecule has 0 aromatic heterocycles. The summed E-state index contributed by atoms with van der Waals surface area (Å²) in [6, 6.07) is 4.32. The van der Waals surface area contributed by atoms with Crippen molar-refractivity contribution in [2.45, 2.75) is 17.9 Å². The van der Waals surface area contributed by atoms with Crippen LogP contribution in [0.1, 0.15) is 6.92 Å². The summed E-state index contributed by atoms with van der Waals surface area (Å²) in [7, 11) is -2.10. The molecule has 17 heavy (non-hydrogen) atoms. The first-order valence-corrected chi connectivity index (χ1v) is 6.58. The molecule has 0 spiro atoms. The Morgan fingerprint density at radius 3 is 2.59 bits per heavy atom. The lowest BCUT2D eigenvalue weighted by molar-refractivity contribution is 0.129. The molecule has 0 fully saturated rings. The standard InChI is InChI=1S/C10H17N3O3S/c1-7(16-2)6-13-10-4-3-8(5-9(10)11)17(12,14)15/h3-5,7,13H,6,11H2,1-2H3,(H2,12,14,15). The summed E-state index contributed by atoms with van der Waals surface area (Å²) in [5, 5.41) is 8.05. The number of hydrogen-bond acceptors (Lipinski definition) is 5. The van der Waals surface area contributed by atoms with Crippen LogP contribution in [-0.4, -0.2) is 28.2 Å². The van der Waals surface area contributed by atoms with Crippen molar-refractivity contribution in [2.75, 3.05) is 24.7 Å². The number of primary sulfonamides is 1. The number of sulfonamides is 1. The number of rotatable bonds is 5. The van der Waals surface area contributed by atoms with Gasteiger partial charge >= 0.3 is 0 Å². The Hall–Kier alpha value is -1.31. The van der Waals surface area contributed by atoms with Crippen molar-refractivity contribution in [1.82, 2.24) is 0 Å². The Kier molecular flexibility index (Phi) is 4.33. The highest BCUT2D eigenvalue weighted by Gasteiger charge is 2.10. The van der Waals surface area contributed by atoms with E-state index in [1.54, 1.807) is 13.2 Å². The predicted molar refractivity (Wildman–Crippen MR) is 67.2 cm³/mol. The van der Waals surface area contributed by atoms with Crippen molar-refractivity contribution in [3.05, 3.63) is 18.2 Å². The molecule has 0 saturated heterocycles. The molecule has 0 aliphatic carbocycles. The summed E-state index contributed by atoms with van der Waals surface area (Å²) in [5.41, 5.74) is 6.71. The maximum atomic E-state index is 11.1. The van der Waals surface area contributed by atoms with Crippen LogP contribution in [0.5, 0.6) is 0 Å². The maximum Gasteiger partial charge on any atom is 0.238 e. The molecular formula is C10H17N3O3S. The second-order valence-corrected chi connectivity index (χ2v) is 5.28. The van der Waals surface area contributed by atoms with Gasteiger partial charge in [-0.25, -0.2) is 13.6 Å². The van der Waals surface area contributed by atoms with E-state index in [-0.39, 0.29) is 11.0 Å². The molecule has 1 atom stereocenters. The Labute approximate surface area is 101 Å². The highest BCUT2D eigenvalue weighted by molar-refractivity contribution is 7.89. The van der Waals surface area contributed by atoms with Gasteiger partial charge in [0.05, 0.1) is 22.4 Å². The summed E-state index contributed by atoms with van der Waals surface area (Å²) < 4.78 is 27.3. The van der Waals surface area contributed by atoms with Gasteiger partial charge in [-0.15, -0.1) is 0 Å². The van der Waals surface area contributed by atoms with Crippen molar-refractivity contribution >= 4 is 21.4 Å². The van der Waals surface area contributed by atoms with E-state index >= 15 is 0 Å². The third-order valence-corrected chi connectivity index (χ3v) is 3.24. The van der Waals surface area contributed by atoms with Gasteiger partial charge in [0.25, 0.3) is 0 Å². The zero-order valence-electron chi connectivity index (χ0n) is 9.80. The molecule has 1 rings (SSSR count). The smallest absolute Gasteiger partial charge is 0.238 e. The molecule has 0 bridgehead atoms. The highest BCUT2D eigenvalue weighted by atomic mass is 32.2. The third kappa shape index (κ3) is 3.88.